The molecule has 1 aromatic heterocycles. The molecule has 1 fully saturated rings. The molecule has 4 N–H and O–H groups in total. The molecule has 2 rings (SSSR count). The number of aromatic amines is 1. The van der Waals surface area contributed by atoms with Crippen LogP contribution in [-0.2, 0) is 0 Å². The number of carbonyl (C=O) groups is 1. The van der Waals surface area contributed by atoms with E-state index >= 15 is 0 Å². The van der Waals surface area contributed by atoms with Gasteiger partial charge >= 0.3 is 0 Å². The first-order chi connectivity index (χ1) is 8.63. The van der Waals surface area contributed by atoms with E-state index in [1.165, 1.54) is 19.3 Å². The average Bonchev–Trinajstić information content (AvgIpc) is 2.69. The predicted octanol–water partition coefficient (Wildman–Crippen LogP) is 2.00. The van der Waals surface area contributed by atoms with Crippen molar-refractivity contribution in [2.45, 2.75) is 52.0 Å². The maximum absolute atomic E-state index is 12.2. The lowest BCUT2D eigenvalue weighted by molar-refractivity contribution is 0.0905. The highest BCUT2D eigenvalue weighted by atomic mass is 16.1. The van der Waals surface area contributed by atoms with Crippen molar-refractivity contribution in [3.8, 4) is 0 Å². The molecule has 1 aliphatic carbocycles. The van der Waals surface area contributed by atoms with Gasteiger partial charge in [0.1, 0.15) is 5.56 Å². The van der Waals surface area contributed by atoms with Crippen LogP contribution in [0.15, 0.2) is 0 Å². The van der Waals surface area contributed by atoms with E-state index in [1.54, 1.807) is 0 Å². The number of hydrogen-bond acceptors (Lipinski definition) is 3. The summed E-state index contributed by atoms with van der Waals surface area (Å²) in [6, 6.07) is 0.282. The molecular formula is C13H22N4O. The van der Waals surface area contributed by atoms with Crippen LogP contribution in [0.5, 0.6) is 0 Å². The Morgan fingerprint density at radius 1 is 1.50 bits per heavy atom. The lowest BCUT2D eigenvalue weighted by Crippen LogP contribution is -2.42. The zero-order valence-electron chi connectivity index (χ0n) is 11.1. The van der Waals surface area contributed by atoms with Gasteiger partial charge in [0.05, 0.1) is 0 Å². The molecule has 0 aliphatic heterocycles. The average molecular weight is 250 g/mol. The zero-order valence-corrected chi connectivity index (χ0v) is 11.1. The summed E-state index contributed by atoms with van der Waals surface area (Å²) in [6.07, 6.45) is 5.87. The standard InChI is InChI=1S/C13H22N4O/c1-3-9-6-4-5-7-10(9)15-13(18)11-8(2)16-17-12(11)14/h9-10H,3-7H2,1-2H3,(H,15,18)(H3,14,16,17). The third-order valence-electron chi connectivity index (χ3n) is 3.95. The van der Waals surface area contributed by atoms with Crippen molar-refractivity contribution in [2.24, 2.45) is 5.92 Å². The van der Waals surface area contributed by atoms with E-state index in [0.29, 0.717) is 11.5 Å². The monoisotopic (exact) mass is 250 g/mol. The van der Waals surface area contributed by atoms with Crippen molar-refractivity contribution in [1.29, 1.82) is 0 Å². The summed E-state index contributed by atoms with van der Waals surface area (Å²) in [6.45, 7) is 4.00. The van der Waals surface area contributed by atoms with Crippen LogP contribution in [0.25, 0.3) is 0 Å². The lowest BCUT2D eigenvalue weighted by atomic mass is 9.83. The van der Waals surface area contributed by atoms with Gasteiger partial charge in [-0.25, -0.2) is 0 Å². The van der Waals surface area contributed by atoms with Gasteiger partial charge in [-0.15, -0.1) is 0 Å². The fraction of sp³-hybridized carbons (Fsp3) is 0.692. The number of aromatic nitrogens is 2. The quantitative estimate of drug-likeness (QED) is 0.767. The molecule has 2 atom stereocenters. The summed E-state index contributed by atoms with van der Waals surface area (Å²) in [5, 5.41) is 9.73. The van der Waals surface area contributed by atoms with Crippen LogP contribution in [0.2, 0.25) is 0 Å². The molecule has 1 amide bonds. The highest BCUT2D eigenvalue weighted by Gasteiger charge is 2.27. The number of nitrogens with zero attached hydrogens (tertiary/aromatic N) is 1. The number of anilines is 1. The van der Waals surface area contributed by atoms with Crippen LogP contribution in [0.1, 0.15) is 55.1 Å². The van der Waals surface area contributed by atoms with E-state index < -0.39 is 0 Å². The Labute approximate surface area is 108 Å². The third kappa shape index (κ3) is 2.49. The second kappa shape index (κ2) is 5.42. The highest BCUT2D eigenvalue weighted by Crippen LogP contribution is 2.27. The summed E-state index contributed by atoms with van der Waals surface area (Å²) in [4.78, 5) is 12.2. The Bertz CT molecular complexity index is 407. The number of nitrogen functional groups attached to an aromatic ring is 1. The van der Waals surface area contributed by atoms with Crippen molar-refractivity contribution in [2.75, 3.05) is 5.73 Å². The van der Waals surface area contributed by atoms with E-state index in [-0.39, 0.29) is 17.8 Å². The minimum absolute atomic E-state index is 0.0934. The fourth-order valence-corrected chi connectivity index (χ4v) is 2.86. The Morgan fingerprint density at radius 3 is 2.83 bits per heavy atom. The normalized spacial score (nSPS) is 23.9. The predicted molar refractivity (Wildman–Crippen MR) is 71.2 cm³/mol. The Hall–Kier alpha value is -1.52. The smallest absolute Gasteiger partial charge is 0.257 e. The van der Waals surface area contributed by atoms with Gasteiger partial charge < -0.3 is 11.1 Å². The number of H-pyrrole nitrogens is 1. The van der Waals surface area contributed by atoms with Crippen molar-refractivity contribution >= 4 is 11.7 Å². The van der Waals surface area contributed by atoms with Gasteiger partial charge in [-0.2, -0.15) is 5.10 Å². The number of carbonyl (C=O) groups excluding carboxylic acids is 1. The topological polar surface area (TPSA) is 83.8 Å². The molecule has 0 aromatic carbocycles. The molecular weight excluding hydrogens is 228 g/mol. The maximum Gasteiger partial charge on any atom is 0.257 e. The first-order valence-electron chi connectivity index (χ1n) is 6.74. The molecule has 5 nitrogen and oxygen atoms in total. The van der Waals surface area contributed by atoms with E-state index in [9.17, 15) is 4.79 Å². The molecule has 100 valence electrons. The number of hydrogen-bond donors (Lipinski definition) is 3. The number of rotatable bonds is 3. The molecule has 1 aliphatic rings. The van der Waals surface area contributed by atoms with E-state index in [4.69, 9.17) is 5.73 Å². The van der Waals surface area contributed by atoms with Gasteiger partial charge in [-0.05, 0) is 25.7 Å². The molecule has 5 heteroatoms. The number of amides is 1. The number of nitrogens with two attached hydrogens (primary N) is 1. The van der Waals surface area contributed by atoms with Crippen molar-refractivity contribution in [3.05, 3.63) is 11.3 Å². The summed E-state index contributed by atoms with van der Waals surface area (Å²) >= 11 is 0. The Balaban J connectivity index is 2.06. The molecule has 18 heavy (non-hydrogen) atoms. The maximum atomic E-state index is 12.2. The van der Waals surface area contributed by atoms with Crippen LogP contribution < -0.4 is 11.1 Å². The van der Waals surface area contributed by atoms with Crippen LogP contribution >= 0.6 is 0 Å². The van der Waals surface area contributed by atoms with E-state index in [2.05, 4.69) is 22.4 Å². The van der Waals surface area contributed by atoms with Crippen molar-refractivity contribution in [1.82, 2.24) is 15.5 Å². The Morgan fingerprint density at radius 2 is 2.22 bits per heavy atom. The molecule has 1 saturated carbocycles. The number of aryl methyl sites for hydroxylation is 1. The second-order valence-corrected chi connectivity index (χ2v) is 5.14. The van der Waals surface area contributed by atoms with Gasteiger partial charge in [0.2, 0.25) is 0 Å². The fourth-order valence-electron chi connectivity index (χ4n) is 2.86. The van der Waals surface area contributed by atoms with Crippen LogP contribution in [-0.4, -0.2) is 22.1 Å². The molecule has 2 unspecified atom stereocenters. The Kier molecular flexibility index (Phi) is 3.89. The van der Waals surface area contributed by atoms with Crippen molar-refractivity contribution < 1.29 is 4.79 Å². The molecule has 1 heterocycles. The highest BCUT2D eigenvalue weighted by molar-refractivity contribution is 5.99. The van der Waals surface area contributed by atoms with Gasteiger partial charge in [0.25, 0.3) is 5.91 Å². The minimum atomic E-state index is -0.0934. The van der Waals surface area contributed by atoms with Crippen LogP contribution in [0, 0.1) is 12.8 Å². The van der Waals surface area contributed by atoms with Gasteiger partial charge in [0, 0.05) is 11.7 Å². The van der Waals surface area contributed by atoms with Crippen LogP contribution in [0.4, 0.5) is 5.82 Å². The van der Waals surface area contributed by atoms with E-state index in [1.807, 2.05) is 6.92 Å². The number of nitrogens with one attached hydrogen (secondary N) is 2. The zero-order chi connectivity index (χ0) is 13.1. The van der Waals surface area contributed by atoms with Crippen LogP contribution in [0.3, 0.4) is 0 Å². The lowest BCUT2D eigenvalue weighted by Gasteiger charge is -2.31. The van der Waals surface area contributed by atoms with Crippen molar-refractivity contribution in [3.63, 3.8) is 0 Å². The first kappa shape index (κ1) is 12.9. The van der Waals surface area contributed by atoms with Gasteiger partial charge in [-0.3, -0.25) is 9.89 Å². The molecule has 0 saturated heterocycles. The largest absolute Gasteiger partial charge is 0.382 e. The first-order valence-corrected chi connectivity index (χ1v) is 6.74. The summed E-state index contributed by atoms with van der Waals surface area (Å²) in [7, 11) is 0. The third-order valence-corrected chi connectivity index (χ3v) is 3.95. The molecule has 0 bridgehead atoms. The second-order valence-electron chi connectivity index (χ2n) is 5.14. The summed E-state index contributed by atoms with van der Waals surface area (Å²) < 4.78 is 0. The van der Waals surface area contributed by atoms with E-state index in [0.717, 1.165) is 18.5 Å². The SMILES string of the molecule is CCC1CCCCC1NC(=O)c1c(N)n[nH]c1C. The molecule has 0 radical (unpaired) electrons. The summed E-state index contributed by atoms with van der Waals surface area (Å²) in [5.74, 6) is 0.786. The summed E-state index contributed by atoms with van der Waals surface area (Å²) in [5.41, 5.74) is 6.94. The minimum Gasteiger partial charge on any atom is -0.382 e. The molecule has 0 spiro atoms. The van der Waals surface area contributed by atoms with Gasteiger partial charge in [0.15, 0.2) is 5.82 Å². The van der Waals surface area contributed by atoms with Gasteiger partial charge in [-0.1, -0.05) is 26.2 Å². The molecule has 1 aromatic rings.